The maximum atomic E-state index is 12.9. The number of nitrogens with zero attached hydrogens (tertiary/aromatic N) is 3. The van der Waals surface area contributed by atoms with Crippen molar-refractivity contribution in [3.63, 3.8) is 0 Å². The van der Waals surface area contributed by atoms with Crippen molar-refractivity contribution in [3.8, 4) is 0 Å². The minimum Gasteiger partial charge on any atom is -0.326 e. The highest BCUT2D eigenvalue weighted by molar-refractivity contribution is 6.04. The predicted octanol–water partition coefficient (Wildman–Crippen LogP) is 2.87. The number of rotatable bonds is 2. The molecular formula is C18H17FN4O. The number of carbonyl (C=O) groups is 1. The number of nitrogens with one attached hydrogen (secondary N) is 1. The van der Waals surface area contributed by atoms with Gasteiger partial charge in [-0.2, -0.15) is 0 Å². The first kappa shape index (κ1) is 14.8. The lowest BCUT2D eigenvalue weighted by Crippen LogP contribution is -2.30. The van der Waals surface area contributed by atoms with E-state index in [1.807, 2.05) is 18.2 Å². The molecule has 1 N–H and O–H groups in total. The number of benzene rings is 2. The SMILES string of the molecule is CN1CCn2c(nc3cc(NC(=O)c4ccc(F)cc4)ccc32)C1. The van der Waals surface area contributed by atoms with Crippen molar-refractivity contribution < 1.29 is 9.18 Å². The Morgan fingerprint density at radius 2 is 1.96 bits per heavy atom. The molecule has 2 aromatic carbocycles. The average molecular weight is 324 g/mol. The van der Waals surface area contributed by atoms with Crippen molar-refractivity contribution >= 4 is 22.6 Å². The first-order chi connectivity index (χ1) is 11.6. The van der Waals surface area contributed by atoms with E-state index in [4.69, 9.17) is 0 Å². The van der Waals surface area contributed by atoms with Crippen LogP contribution in [0.4, 0.5) is 10.1 Å². The molecule has 0 saturated heterocycles. The van der Waals surface area contributed by atoms with Gasteiger partial charge in [0.05, 0.1) is 17.6 Å². The smallest absolute Gasteiger partial charge is 0.255 e. The number of anilines is 1. The van der Waals surface area contributed by atoms with Crippen LogP contribution in [0, 0.1) is 5.82 Å². The van der Waals surface area contributed by atoms with E-state index in [0.29, 0.717) is 11.3 Å². The van der Waals surface area contributed by atoms with E-state index in [1.165, 1.54) is 24.3 Å². The summed E-state index contributed by atoms with van der Waals surface area (Å²) < 4.78 is 15.2. The highest BCUT2D eigenvalue weighted by Crippen LogP contribution is 2.23. The summed E-state index contributed by atoms with van der Waals surface area (Å²) in [6.07, 6.45) is 0. The monoisotopic (exact) mass is 324 g/mol. The van der Waals surface area contributed by atoms with Gasteiger partial charge in [-0.25, -0.2) is 9.37 Å². The molecule has 0 bridgehead atoms. The highest BCUT2D eigenvalue weighted by atomic mass is 19.1. The number of hydrogen-bond donors (Lipinski definition) is 1. The fourth-order valence-electron chi connectivity index (χ4n) is 3.02. The third-order valence-corrected chi connectivity index (χ3v) is 4.31. The number of halogens is 1. The molecule has 0 aliphatic carbocycles. The summed E-state index contributed by atoms with van der Waals surface area (Å²) in [7, 11) is 2.08. The Bertz CT molecular complexity index is 917. The van der Waals surface area contributed by atoms with Gasteiger partial charge in [0.2, 0.25) is 0 Å². The zero-order chi connectivity index (χ0) is 16.7. The summed E-state index contributed by atoms with van der Waals surface area (Å²) >= 11 is 0. The first-order valence-corrected chi connectivity index (χ1v) is 7.85. The number of hydrogen-bond acceptors (Lipinski definition) is 3. The molecule has 0 saturated carbocycles. The molecule has 5 nitrogen and oxygen atoms in total. The summed E-state index contributed by atoms with van der Waals surface area (Å²) in [6, 6.07) is 11.2. The Morgan fingerprint density at radius 1 is 1.17 bits per heavy atom. The molecule has 24 heavy (non-hydrogen) atoms. The van der Waals surface area contributed by atoms with Crippen molar-refractivity contribution in [1.29, 1.82) is 0 Å². The topological polar surface area (TPSA) is 50.2 Å². The molecule has 3 aromatic rings. The quantitative estimate of drug-likeness (QED) is 0.788. The standard InChI is InChI=1S/C18H17FN4O/c1-22-8-9-23-16-7-6-14(10-15(16)21-17(23)11-22)20-18(24)12-2-4-13(19)5-3-12/h2-7,10H,8-9,11H2,1H3,(H,20,24). The molecule has 6 heteroatoms. The van der Waals surface area contributed by atoms with Gasteiger partial charge in [-0.05, 0) is 49.5 Å². The van der Waals surface area contributed by atoms with Crippen LogP contribution in [0.15, 0.2) is 42.5 Å². The average Bonchev–Trinajstić information content (AvgIpc) is 2.91. The Balaban J connectivity index is 1.61. The molecule has 122 valence electrons. The number of carbonyl (C=O) groups excluding carboxylic acids is 1. The summed E-state index contributed by atoms with van der Waals surface area (Å²) in [5.74, 6) is 0.417. The largest absolute Gasteiger partial charge is 0.326 e. The van der Waals surface area contributed by atoms with Crippen LogP contribution in [-0.2, 0) is 13.1 Å². The number of imidazole rings is 1. The van der Waals surface area contributed by atoms with E-state index < -0.39 is 0 Å². The fourth-order valence-corrected chi connectivity index (χ4v) is 3.02. The molecule has 0 fully saturated rings. The Kier molecular flexibility index (Phi) is 3.54. The molecule has 1 aliphatic rings. The minimum absolute atomic E-state index is 0.266. The molecule has 1 amide bonds. The van der Waals surface area contributed by atoms with Crippen LogP contribution in [-0.4, -0.2) is 34.0 Å². The second-order valence-electron chi connectivity index (χ2n) is 6.08. The van der Waals surface area contributed by atoms with Crippen molar-refractivity contribution in [3.05, 3.63) is 59.7 Å². The van der Waals surface area contributed by atoms with E-state index in [0.717, 1.165) is 36.5 Å². The third-order valence-electron chi connectivity index (χ3n) is 4.31. The first-order valence-electron chi connectivity index (χ1n) is 7.85. The van der Waals surface area contributed by atoms with Crippen LogP contribution in [0.2, 0.25) is 0 Å². The van der Waals surface area contributed by atoms with Gasteiger partial charge in [0, 0.05) is 24.3 Å². The fraction of sp³-hybridized carbons (Fsp3) is 0.222. The second kappa shape index (κ2) is 5.72. The van der Waals surface area contributed by atoms with Gasteiger partial charge in [-0.15, -0.1) is 0 Å². The molecular weight excluding hydrogens is 307 g/mol. The third kappa shape index (κ3) is 2.65. The minimum atomic E-state index is -0.360. The van der Waals surface area contributed by atoms with Crippen molar-refractivity contribution in [2.75, 3.05) is 18.9 Å². The van der Waals surface area contributed by atoms with Gasteiger partial charge >= 0.3 is 0 Å². The molecule has 0 radical (unpaired) electrons. The van der Waals surface area contributed by atoms with E-state index in [1.54, 1.807) is 0 Å². The lowest BCUT2D eigenvalue weighted by molar-refractivity contribution is 0.102. The summed E-state index contributed by atoms with van der Waals surface area (Å²) in [4.78, 5) is 19.1. The van der Waals surface area contributed by atoms with E-state index in [2.05, 4.69) is 26.8 Å². The van der Waals surface area contributed by atoms with E-state index in [-0.39, 0.29) is 11.7 Å². The Hall–Kier alpha value is -2.73. The van der Waals surface area contributed by atoms with Gasteiger partial charge in [0.15, 0.2) is 0 Å². The van der Waals surface area contributed by atoms with Crippen molar-refractivity contribution in [1.82, 2.24) is 14.5 Å². The van der Waals surface area contributed by atoms with Gasteiger partial charge in [0.1, 0.15) is 11.6 Å². The van der Waals surface area contributed by atoms with Crippen molar-refractivity contribution in [2.24, 2.45) is 0 Å². The van der Waals surface area contributed by atoms with Crippen LogP contribution < -0.4 is 5.32 Å². The van der Waals surface area contributed by atoms with Gasteiger partial charge in [-0.3, -0.25) is 9.69 Å². The van der Waals surface area contributed by atoms with Crippen LogP contribution in [0.25, 0.3) is 11.0 Å². The normalized spacial score (nSPS) is 14.6. The summed E-state index contributed by atoms with van der Waals surface area (Å²) in [5.41, 5.74) is 3.05. The van der Waals surface area contributed by atoms with Gasteiger partial charge < -0.3 is 9.88 Å². The van der Waals surface area contributed by atoms with Gasteiger partial charge in [-0.1, -0.05) is 0 Å². The lowest BCUT2D eigenvalue weighted by atomic mass is 10.2. The van der Waals surface area contributed by atoms with Crippen LogP contribution >= 0.6 is 0 Å². The lowest BCUT2D eigenvalue weighted by Gasteiger charge is -2.23. The number of amides is 1. The highest BCUT2D eigenvalue weighted by Gasteiger charge is 2.18. The molecule has 1 aliphatic heterocycles. The maximum absolute atomic E-state index is 12.9. The predicted molar refractivity (Wildman–Crippen MR) is 90.4 cm³/mol. The second-order valence-corrected chi connectivity index (χ2v) is 6.08. The maximum Gasteiger partial charge on any atom is 0.255 e. The molecule has 4 rings (SSSR count). The summed E-state index contributed by atoms with van der Waals surface area (Å²) in [6.45, 7) is 2.75. The van der Waals surface area contributed by atoms with Crippen LogP contribution in [0.5, 0.6) is 0 Å². The number of aromatic nitrogens is 2. The zero-order valence-electron chi connectivity index (χ0n) is 13.3. The number of fused-ring (bicyclic) bond motifs is 3. The Morgan fingerprint density at radius 3 is 2.75 bits per heavy atom. The Labute approximate surface area is 138 Å². The molecule has 0 atom stereocenters. The van der Waals surface area contributed by atoms with Crippen molar-refractivity contribution in [2.45, 2.75) is 13.1 Å². The van der Waals surface area contributed by atoms with Crippen LogP contribution in [0.3, 0.4) is 0 Å². The number of likely N-dealkylation sites (N-methyl/N-ethyl adjacent to an activating group) is 1. The molecule has 0 spiro atoms. The van der Waals surface area contributed by atoms with E-state index >= 15 is 0 Å². The van der Waals surface area contributed by atoms with Crippen LogP contribution in [0.1, 0.15) is 16.2 Å². The van der Waals surface area contributed by atoms with Gasteiger partial charge in [0.25, 0.3) is 5.91 Å². The molecule has 0 unspecified atom stereocenters. The summed E-state index contributed by atoms with van der Waals surface area (Å²) in [5, 5.41) is 2.84. The zero-order valence-corrected chi connectivity index (χ0v) is 13.3. The molecule has 1 aromatic heterocycles. The van der Waals surface area contributed by atoms with E-state index in [9.17, 15) is 9.18 Å². The molecule has 2 heterocycles.